The summed E-state index contributed by atoms with van der Waals surface area (Å²) in [6.45, 7) is 3.21. The quantitative estimate of drug-likeness (QED) is 0.649. The number of rotatable bonds is 6. The topological polar surface area (TPSA) is 87.4 Å². The molecule has 0 saturated heterocycles. The molecule has 1 unspecified atom stereocenters. The molecule has 2 amide bonds. The van der Waals surface area contributed by atoms with Crippen LogP contribution in [0.5, 0.6) is 0 Å². The molecule has 5 nitrogen and oxygen atoms in total. The number of benzene rings is 1. The van der Waals surface area contributed by atoms with Gasteiger partial charge >= 0.3 is 6.03 Å². The first-order chi connectivity index (χ1) is 10.0. The van der Waals surface area contributed by atoms with E-state index in [4.69, 9.17) is 5.73 Å². The van der Waals surface area contributed by atoms with Gasteiger partial charge in [-0.3, -0.25) is 0 Å². The summed E-state index contributed by atoms with van der Waals surface area (Å²) in [5.74, 6) is 0. The fraction of sp³-hybridized carbons (Fsp3) is 0.562. The molecule has 1 saturated carbocycles. The Morgan fingerprint density at radius 1 is 1.33 bits per heavy atom. The summed E-state index contributed by atoms with van der Waals surface area (Å²) in [6.07, 6.45) is 4.63. The van der Waals surface area contributed by atoms with Gasteiger partial charge in [-0.05, 0) is 37.5 Å². The van der Waals surface area contributed by atoms with Crippen LogP contribution in [0.3, 0.4) is 0 Å². The highest BCUT2D eigenvalue weighted by Gasteiger charge is 2.33. The van der Waals surface area contributed by atoms with Crippen LogP contribution in [0, 0.1) is 5.41 Å². The van der Waals surface area contributed by atoms with Crippen LogP contribution in [-0.2, 0) is 0 Å². The molecule has 0 aliphatic heterocycles. The van der Waals surface area contributed by atoms with Crippen LogP contribution in [0.25, 0.3) is 0 Å². The van der Waals surface area contributed by atoms with Gasteiger partial charge in [0.25, 0.3) is 0 Å². The van der Waals surface area contributed by atoms with Gasteiger partial charge in [-0.15, -0.1) is 0 Å². The van der Waals surface area contributed by atoms with Gasteiger partial charge in [-0.1, -0.05) is 25.0 Å². The van der Waals surface area contributed by atoms with E-state index < -0.39 is 6.03 Å². The number of primary amides is 1. The van der Waals surface area contributed by atoms with E-state index in [-0.39, 0.29) is 18.1 Å². The third kappa shape index (κ3) is 4.19. The molecule has 1 aliphatic rings. The zero-order chi connectivity index (χ0) is 15.3. The maximum Gasteiger partial charge on any atom is 0.316 e. The largest absolute Gasteiger partial charge is 0.396 e. The molecule has 1 aromatic carbocycles. The predicted octanol–water partition coefficient (Wildman–Crippen LogP) is 2.38. The first kappa shape index (κ1) is 15.8. The minimum Gasteiger partial charge on any atom is -0.396 e. The number of hydrogen-bond donors (Lipinski definition) is 4. The highest BCUT2D eigenvalue weighted by atomic mass is 16.3. The lowest BCUT2D eigenvalue weighted by Gasteiger charge is -2.29. The van der Waals surface area contributed by atoms with Gasteiger partial charge in [-0.2, -0.15) is 0 Å². The summed E-state index contributed by atoms with van der Waals surface area (Å²) < 4.78 is 0. The summed E-state index contributed by atoms with van der Waals surface area (Å²) in [5, 5.41) is 15.7. The Hall–Kier alpha value is -1.59. The lowest BCUT2D eigenvalue weighted by molar-refractivity contribution is 0.125. The first-order valence-electron chi connectivity index (χ1n) is 7.55. The molecule has 0 heterocycles. The monoisotopic (exact) mass is 291 g/mol. The molecule has 5 N–H and O–H groups in total. The van der Waals surface area contributed by atoms with Gasteiger partial charge in [0.1, 0.15) is 0 Å². The lowest BCUT2D eigenvalue weighted by Crippen LogP contribution is -2.36. The number of urea groups is 1. The highest BCUT2D eigenvalue weighted by Crippen LogP contribution is 2.37. The second-order valence-electron chi connectivity index (χ2n) is 6.08. The summed E-state index contributed by atoms with van der Waals surface area (Å²) in [7, 11) is 0. The van der Waals surface area contributed by atoms with Gasteiger partial charge in [0.15, 0.2) is 0 Å². The van der Waals surface area contributed by atoms with Gasteiger partial charge in [0.2, 0.25) is 0 Å². The minimum absolute atomic E-state index is 0.0573. The molecule has 2 rings (SSSR count). The third-order valence-electron chi connectivity index (χ3n) is 4.46. The van der Waals surface area contributed by atoms with Crippen molar-refractivity contribution in [2.75, 3.05) is 18.5 Å². The number of amides is 2. The minimum atomic E-state index is -0.556. The average molecular weight is 291 g/mol. The van der Waals surface area contributed by atoms with E-state index in [9.17, 15) is 9.90 Å². The molecule has 1 atom stereocenters. The van der Waals surface area contributed by atoms with Crippen LogP contribution in [-0.4, -0.2) is 24.3 Å². The molecule has 5 heteroatoms. The van der Waals surface area contributed by atoms with E-state index in [1.807, 2.05) is 24.3 Å². The van der Waals surface area contributed by atoms with Crippen molar-refractivity contribution in [1.29, 1.82) is 0 Å². The number of hydrogen-bond acceptors (Lipinski definition) is 3. The molecule has 0 aromatic heterocycles. The molecule has 1 aliphatic carbocycles. The van der Waals surface area contributed by atoms with Crippen LogP contribution in [0.4, 0.5) is 10.5 Å². The Kier molecular flexibility index (Phi) is 5.20. The van der Waals surface area contributed by atoms with Crippen molar-refractivity contribution in [3.8, 4) is 0 Å². The van der Waals surface area contributed by atoms with Gasteiger partial charge in [0.05, 0.1) is 0 Å². The van der Waals surface area contributed by atoms with Crippen LogP contribution < -0.4 is 16.4 Å². The Balaban J connectivity index is 1.90. The van der Waals surface area contributed by atoms with E-state index in [0.717, 1.165) is 24.9 Å². The SMILES string of the molecule is CC(NCC1(CO)CCCC1)c1ccc(NC(N)=O)cc1. The Morgan fingerprint density at radius 3 is 2.48 bits per heavy atom. The molecular weight excluding hydrogens is 266 g/mol. The smallest absolute Gasteiger partial charge is 0.316 e. The van der Waals surface area contributed by atoms with Crippen LogP contribution in [0.2, 0.25) is 0 Å². The maximum absolute atomic E-state index is 10.8. The number of nitrogens with one attached hydrogen (secondary N) is 2. The fourth-order valence-electron chi connectivity index (χ4n) is 3.00. The number of aliphatic hydroxyl groups excluding tert-OH is 1. The van der Waals surface area contributed by atoms with Crippen LogP contribution in [0.15, 0.2) is 24.3 Å². The Labute approximate surface area is 125 Å². The third-order valence-corrected chi connectivity index (χ3v) is 4.46. The second-order valence-corrected chi connectivity index (χ2v) is 6.08. The molecule has 0 radical (unpaired) electrons. The molecule has 116 valence electrons. The predicted molar refractivity (Wildman–Crippen MR) is 84.1 cm³/mol. The van der Waals surface area contributed by atoms with Crippen molar-refractivity contribution >= 4 is 11.7 Å². The van der Waals surface area contributed by atoms with Crippen molar-refractivity contribution in [1.82, 2.24) is 5.32 Å². The summed E-state index contributed by atoms with van der Waals surface area (Å²) in [4.78, 5) is 10.8. The molecular formula is C16H25N3O2. The summed E-state index contributed by atoms with van der Waals surface area (Å²) >= 11 is 0. The van der Waals surface area contributed by atoms with Gasteiger partial charge in [-0.25, -0.2) is 4.79 Å². The normalized spacial score (nSPS) is 18.4. The van der Waals surface area contributed by atoms with E-state index >= 15 is 0 Å². The van der Waals surface area contributed by atoms with Crippen LogP contribution in [0.1, 0.15) is 44.2 Å². The van der Waals surface area contributed by atoms with Gasteiger partial charge < -0.3 is 21.5 Å². The zero-order valence-electron chi connectivity index (χ0n) is 12.6. The molecule has 0 bridgehead atoms. The average Bonchev–Trinajstić information content (AvgIpc) is 2.94. The number of nitrogens with two attached hydrogens (primary N) is 1. The van der Waals surface area contributed by atoms with Gasteiger partial charge in [0, 0.05) is 30.3 Å². The van der Waals surface area contributed by atoms with E-state index in [0.29, 0.717) is 5.69 Å². The second kappa shape index (κ2) is 6.91. The highest BCUT2D eigenvalue weighted by molar-refractivity contribution is 5.87. The molecule has 1 aromatic rings. The standard InChI is InChI=1S/C16H25N3O2/c1-12(18-10-16(11-20)8-2-3-9-16)13-4-6-14(7-5-13)19-15(17)21/h4-7,12,18,20H,2-3,8-11H2,1H3,(H3,17,19,21). The first-order valence-corrected chi connectivity index (χ1v) is 7.55. The summed E-state index contributed by atoms with van der Waals surface area (Å²) in [5.41, 5.74) is 6.99. The number of carbonyl (C=O) groups is 1. The lowest BCUT2D eigenvalue weighted by atomic mass is 9.87. The van der Waals surface area contributed by atoms with E-state index in [1.54, 1.807) is 0 Å². The Bertz CT molecular complexity index is 467. The Morgan fingerprint density at radius 2 is 1.95 bits per heavy atom. The number of aliphatic hydroxyl groups is 1. The van der Waals surface area contributed by atoms with E-state index in [1.165, 1.54) is 12.8 Å². The fourth-order valence-corrected chi connectivity index (χ4v) is 3.00. The molecule has 1 fully saturated rings. The number of carbonyl (C=O) groups excluding carboxylic acids is 1. The van der Waals surface area contributed by atoms with Crippen molar-refractivity contribution in [3.05, 3.63) is 29.8 Å². The molecule has 21 heavy (non-hydrogen) atoms. The molecule has 0 spiro atoms. The van der Waals surface area contributed by atoms with Crippen molar-refractivity contribution in [2.24, 2.45) is 11.1 Å². The van der Waals surface area contributed by atoms with Crippen molar-refractivity contribution in [2.45, 2.75) is 38.6 Å². The summed E-state index contributed by atoms with van der Waals surface area (Å²) in [6, 6.07) is 7.29. The number of anilines is 1. The maximum atomic E-state index is 10.8. The van der Waals surface area contributed by atoms with E-state index in [2.05, 4.69) is 17.6 Å². The van der Waals surface area contributed by atoms with Crippen LogP contribution >= 0.6 is 0 Å². The zero-order valence-corrected chi connectivity index (χ0v) is 12.6. The van der Waals surface area contributed by atoms with Crippen molar-refractivity contribution < 1.29 is 9.90 Å². The van der Waals surface area contributed by atoms with Crippen molar-refractivity contribution in [3.63, 3.8) is 0 Å².